The van der Waals surface area contributed by atoms with Gasteiger partial charge in [-0.05, 0) is 54.9 Å². The Kier molecular flexibility index (Phi) is 3.49. The van der Waals surface area contributed by atoms with Crippen LogP contribution in [0, 0.1) is 23.7 Å². The Morgan fingerprint density at radius 2 is 1.76 bits per heavy atom. The quantitative estimate of drug-likeness (QED) is 0.859. The van der Waals surface area contributed by atoms with Crippen LogP contribution < -0.4 is 5.32 Å². The molecule has 1 aromatic carbocycles. The number of rotatable bonds is 4. The molecule has 0 saturated heterocycles. The molecule has 3 saturated carbocycles. The van der Waals surface area contributed by atoms with Crippen LogP contribution in [-0.4, -0.2) is 6.04 Å². The minimum atomic E-state index is -2.36. The largest absolute Gasteiger partial charge is 0.310 e. The highest BCUT2D eigenvalue weighted by Crippen LogP contribution is 2.58. The van der Waals surface area contributed by atoms with Crippen molar-refractivity contribution in [2.24, 2.45) is 23.7 Å². The van der Waals surface area contributed by atoms with Crippen LogP contribution in [0.15, 0.2) is 24.3 Å². The number of hydrogen-bond acceptors (Lipinski definition) is 1. The van der Waals surface area contributed by atoms with E-state index in [1.807, 2.05) is 12.1 Å². The lowest BCUT2D eigenvalue weighted by molar-refractivity contribution is 0.151. The second-order valence-electron chi connectivity index (χ2n) is 7.18. The van der Waals surface area contributed by atoms with Crippen molar-refractivity contribution in [1.29, 1.82) is 0 Å². The lowest BCUT2D eigenvalue weighted by Crippen LogP contribution is -2.38. The lowest BCUT2D eigenvalue weighted by Gasteiger charge is -2.32. The van der Waals surface area contributed by atoms with Crippen LogP contribution in [0.5, 0.6) is 0 Å². The molecule has 4 rings (SSSR count). The van der Waals surface area contributed by atoms with Gasteiger partial charge in [0.1, 0.15) is 0 Å². The van der Waals surface area contributed by atoms with Crippen molar-refractivity contribution in [3.05, 3.63) is 35.4 Å². The van der Waals surface area contributed by atoms with Crippen LogP contribution >= 0.6 is 0 Å². The van der Waals surface area contributed by atoms with Crippen molar-refractivity contribution in [2.45, 2.75) is 51.1 Å². The summed E-state index contributed by atoms with van der Waals surface area (Å²) in [7, 11) is 0. The molecule has 114 valence electrons. The third-order valence-electron chi connectivity index (χ3n) is 6.23. The molecule has 2 bridgehead atoms. The standard InChI is InChI=1S/C18H23F2N/c19-18(20)12-6-4-11(5-7-12)10-21-17-9-13-8-16(17)15-3-1-2-14(13)15/h4-7,13-18,21H,1-3,8-10H2. The van der Waals surface area contributed by atoms with E-state index in [-0.39, 0.29) is 5.56 Å². The van der Waals surface area contributed by atoms with E-state index in [0.717, 1.165) is 35.8 Å². The van der Waals surface area contributed by atoms with Gasteiger partial charge in [-0.2, -0.15) is 0 Å². The topological polar surface area (TPSA) is 12.0 Å². The molecule has 1 N–H and O–H groups in total. The van der Waals surface area contributed by atoms with Gasteiger partial charge in [-0.1, -0.05) is 30.7 Å². The third-order valence-corrected chi connectivity index (χ3v) is 6.23. The van der Waals surface area contributed by atoms with E-state index in [4.69, 9.17) is 0 Å². The van der Waals surface area contributed by atoms with Gasteiger partial charge < -0.3 is 5.32 Å². The molecular weight excluding hydrogens is 268 g/mol. The van der Waals surface area contributed by atoms with Gasteiger partial charge in [0.05, 0.1) is 0 Å². The first-order chi connectivity index (χ1) is 10.2. The number of halogens is 2. The van der Waals surface area contributed by atoms with Crippen LogP contribution in [0.2, 0.25) is 0 Å². The van der Waals surface area contributed by atoms with Crippen molar-refractivity contribution in [1.82, 2.24) is 5.32 Å². The fourth-order valence-electron chi connectivity index (χ4n) is 5.33. The highest BCUT2D eigenvalue weighted by atomic mass is 19.3. The number of nitrogens with one attached hydrogen (secondary N) is 1. The average molecular weight is 291 g/mol. The van der Waals surface area contributed by atoms with Crippen molar-refractivity contribution < 1.29 is 8.78 Å². The SMILES string of the molecule is FC(F)c1ccc(CNC2CC3CC2C2CCCC32)cc1. The third kappa shape index (κ3) is 2.40. The molecule has 5 atom stereocenters. The monoisotopic (exact) mass is 291 g/mol. The number of benzene rings is 1. The van der Waals surface area contributed by atoms with E-state index in [9.17, 15) is 8.78 Å². The molecule has 0 radical (unpaired) electrons. The molecule has 3 fully saturated rings. The normalized spacial score (nSPS) is 37.4. The summed E-state index contributed by atoms with van der Waals surface area (Å²) in [5, 5.41) is 3.70. The van der Waals surface area contributed by atoms with Gasteiger partial charge in [-0.15, -0.1) is 0 Å². The summed E-state index contributed by atoms with van der Waals surface area (Å²) in [6, 6.07) is 7.43. The summed E-state index contributed by atoms with van der Waals surface area (Å²) in [6.07, 6.45) is 4.74. The molecule has 0 heterocycles. The predicted molar refractivity (Wildman–Crippen MR) is 79.1 cm³/mol. The maximum absolute atomic E-state index is 12.5. The van der Waals surface area contributed by atoms with Crippen LogP contribution in [0.4, 0.5) is 8.78 Å². The van der Waals surface area contributed by atoms with Gasteiger partial charge in [0.2, 0.25) is 0 Å². The van der Waals surface area contributed by atoms with E-state index < -0.39 is 6.43 Å². The minimum Gasteiger partial charge on any atom is -0.310 e. The fraction of sp³-hybridized carbons (Fsp3) is 0.667. The van der Waals surface area contributed by atoms with Crippen molar-refractivity contribution in [3.8, 4) is 0 Å². The lowest BCUT2D eigenvalue weighted by atomic mass is 9.79. The van der Waals surface area contributed by atoms with Crippen molar-refractivity contribution in [2.75, 3.05) is 0 Å². The van der Waals surface area contributed by atoms with Crippen LogP contribution in [0.1, 0.15) is 49.7 Å². The summed E-state index contributed by atoms with van der Waals surface area (Å²) >= 11 is 0. The summed E-state index contributed by atoms with van der Waals surface area (Å²) in [5.74, 6) is 3.84. The zero-order chi connectivity index (χ0) is 14.4. The van der Waals surface area contributed by atoms with Gasteiger partial charge in [0.15, 0.2) is 0 Å². The zero-order valence-electron chi connectivity index (χ0n) is 12.3. The minimum absolute atomic E-state index is 0.118. The Morgan fingerprint density at radius 3 is 2.52 bits per heavy atom. The summed E-state index contributed by atoms with van der Waals surface area (Å²) in [6.45, 7) is 0.814. The summed E-state index contributed by atoms with van der Waals surface area (Å²) in [4.78, 5) is 0. The first-order valence-corrected chi connectivity index (χ1v) is 8.33. The molecule has 3 heteroatoms. The summed E-state index contributed by atoms with van der Waals surface area (Å²) in [5.41, 5.74) is 1.23. The van der Waals surface area contributed by atoms with E-state index in [1.54, 1.807) is 12.1 Å². The number of alkyl halides is 2. The molecule has 0 spiro atoms. The second-order valence-corrected chi connectivity index (χ2v) is 7.18. The van der Waals surface area contributed by atoms with Gasteiger partial charge in [0.25, 0.3) is 6.43 Å². The van der Waals surface area contributed by atoms with E-state index in [2.05, 4.69) is 5.32 Å². The number of hydrogen-bond donors (Lipinski definition) is 1. The molecule has 5 unspecified atom stereocenters. The van der Waals surface area contributed by atoms with Gasteiger partial charge >= 0.3 is 0 Å². The maximum atomic E-state index is 12.5. The van der Waals surface area contributed by atoms with Crippen LogP contribution in [-0.2, 0) is 6.54 Å². The molecule has 0 amide bonds. The van der Waals surface area contributed by atoms with Crippen molar-refractivity contribution in [3.63, 3.8) is 0 Å². The molecule has 1 aromatic rings. The van der Waals surface area contributed by atoms with Gasteiger partial charge in [-0.3, -0.25) is 0 Å². The van der Waals surface area contributed by atoms with E-state index in [0.29, 0.717) is 6.04 Å². The van der Waals surface area contributed by atoms with E-state index in [1.165, 1.54) is 32.1 Å². The Labute approximate surface area is 125 Å². The second kappa shape index (κ2) is 5.35. The molecule has 3 aliphatic rings. The fourth-order valence-corrected chi connectivity index (χ4v) is 5.33. The first-order valence-electron chi connectivity index (χ1n) is 8.33. The summed E-state index contributed by atoms with van der Waals surface area (Å²) < 4.78 is 25.1. The first kappa shape index (κ1) is 13.7. The highest BCUT2D eigenvalue weighted by molar-refractivity contribution is 5.23. The van der Waals surface area contributed by atoms with E-state index >= 15 is 0 Å². The van der Waals surface area contributed by atoms with Crippen LogP contribution in [0.25, 0.3) is 0 Å². The molecule has 3 aliphatic carbocycles. The highest BCUT2D eigenvalue weighted by Gasteiger charge is 2.53. The Morgan fingerprint density at radius 1 is 1.00 bits per heavy atom. The molecule has 21 heavy (non-hydrogen) atoms. The Bertz CT molecular complexity index is 498. The Balaban J connectivity index is 1.35. The van der Waals surface area contributed by atoms with Crippen LogP contribution in [0.3, 0.4) is 0 Å². The van der Waals surface area contributed by atoms with Gasteiger partial charge in [-0.25, -0.2) is 8.78 Å². The molecular formula is C18H23F2N. The van der Waals surface area contributed by atoms with Crippen molar-refractivity contribution >= 4 is 0 Å². The number of fused-ring (bicyclic) bond motifs is 5. The Hall–Kier alpha value is -0.960. The maximum Gasteiger partial charge on any atom is 0.263 e. The smallest absolute Gasteiger partial charge is 0.263 e. The molecule has 0 aromatic heterocycles. The molecule has 0 aliphatic heterocycles. The predicted octanol–water partition coefficient (Wildman–Crippen LogP) is 4.54. The zero-order valence-corrected chi connectivity index (χ0v) is 12.3. The molecule has 1 nitrogen and oxygen atoms in total. The van der Waals surface area contributed by atoms with Gasteiger partial charge in [0, 0.05) is 18.2 Å². The average Bonchev–Trinajstić information content (AvgIpc) is 3.17.